The van der Waals surface area contributed by atoms with Gasteiger partial charge in [-0.3, -0.25) is 14.8 Å². The molecule has 4 rings (SSSR count). The number of amides is 1. The summed E-state index contributed by atoms with van der Waals surface area (Å²) in [4.78, 5) is 17.6. The van der Waals surface area contributed by atoms with Crippen molar-refractivity contribution in [3.8, 4) is 11.5 Å². The molecular weight excluding hydrogens is 408 g/mol. The molecule has 0 radical (unpaired) electrons. The number of carbonyl (C=O) groups is 1. The van der Waals surface area contributed by atoms with Gasteiger partial charge in [-0.05, 0) is 45.8 Å². The molecule has 2 saturated heterocycles. The molecule has 3 heterocycles. The molecule has 2 aromatic rings. The predicted molar refractivity (Wildman–Crippen MR) is 121 cm³/mol. The van der Waals surface area contributed by atoms with Gasteiger partial charge in [-0.1, -0.05) is 12.1 Å². The van der Waals surface area contributed by atoms with Crippen LogP contribution in [0.25, 0.3) is 0 Å². The second kappa shape index (κ2) is 9.92. The minimum Gasteiger partial charge on any atom is -0.493 e. The molecule has 1 N–H and O–H groups in total. The monoisotopic (exact) mass is 442 g/mol. The van der Waals surface area contributed by atoms with Gasteiger partial charge in [0.25, 0.3) is 5.91 Å². The maximum atomic E-state index is 13.2. The molecule has 1 aromatic carbocycles. The maximum absolute atomic E-state index is 13.2. The van der Waals surface area contributed by atoms with E-state index in [1.807, 2.05) is 30.9 Å². The van der Waals surface area contributed by atoms with Crippen LogP contribution in [0, 0.1) is 0 Å². The predicted octanol–water partition coefficient (Wildman–Crippen LogP) is 3.06. The zero-order valence-corrected chi connectivity index (χ0v) is 19.5. The Morgan fingerprint density at radius 3 is 2.53 bits per heavy atom. The number of aromatic nitrogens is 2. The number of methoxy groups -OCH3 is 2. The number of aromatic amines is 1. The molecule has 32 heavy (non-hydrogen) atoms. The number of morpholine rings is 1. The molecule has 8 heteroatoms. The fourth-order valence-electron chi connectivity index (χ4n) is 4.99. The smallest absolute Gasteiger partial charge is 0.257 e. The summed E-state index contributed by atoms with van der Waals surface area (Å²) in [6.45, 7) is 7.97. The number of nitrogens with zero attached hydrogens (tertiary/aromatic N) is 3. The van der Waals surface area contributed by atoms with E-state index in [1.54, 1.807) is 20.4 Å². The third kappa shape index (κ3) is 4.76. The van der Waals surface area contributed by atoms with Crippen LogP contribution in [0.5, 0.6) is 11.5 Å². The molecule has 0 saturated carbocycles. The highest BCUT2D eigenvalue weighted by Gasteiger charge is 2.31. The lowest BCUT2D eigenvalue weighted by Gasteiger charge is -2.36. The van der Waals surface area contributed by atoms with Crippen molar-refractivity contribution in [2.75, 3.05) is 40.4 Å². The largest absolute Gasteiger partial charge is 0.493 e. The zero-order chi connectivity index (χ0) is 22.7. The Kier molecular flexibility index (Phi) is 7.01. The summed E-state index contributed by atoms with van der Waals surface area (Å²) >= 11 is 0. The topological polar surface area (TPSA) is 79.9 Å². The van der Waals surface area contributed by atoms with Crippen LogP contribution in [0.4, 0.5) is 0 Å². The van der Waals surface area contributed by atoms with E-state index < -0.39 is 0 Å². The molecule has 0 aliphatic carbocycles. The number of benzene rings is 1. The van der Waals surface area contributed by atoms with E-state index in [0.717, 1.165) is 55.2 Å². The molecule has 8 nitrogen and oxygen atoms in total. The second-order valence-electron chi connectivity index (χ2n) is 8.87. The summed E-state index contributed by atoms with van der Waals surface area (Å²) in [5.74, 6) is 1.91. The van der Waals surface area contributed by atoms with Crippen molar-refractivity contribution in [2.45, 2.75) is 51.4 Å². The van der Waals surface area contributed by atoms with Gasteiger partial charge >= 0.3 is 0 Å². The van der Waals surface area contributed by atoms with Crippen LogP contribution in [0.15, 0.2) is 24.4 Å². The number of ether oxygens (including phenoxy) is 3. The first-order valence-electron chi connectivity index (χ1n) is 11.4. The Hall–Kier alpha value is -2.58. The van der Waals surface area contributed by atoms with Crippen LogP contribution >= 0.6 is 0 Å². The molecule has 2 aliphatic rings. The first-order valence-corrected chi connectivity index (χ1v) is 11.4. The van der Waals surface area contributed by atoms with E-state index in [4.69, 9.17) is 14.2 Å². The third-order valence-electron chi connectivity index (χ3n) is 6.48. The number of rotatable bonds is 6. The Morgan fingerprint density at radius 2 is 1.88 bits per heavy atom. The van der Waals surface area contributed by atoms with Gasteiger partial charge in [0, 0.05) is 31.1 Å². The average molecular weight is 443 g/mol. The summed E-state index contributed by atoms with van der Waals surface area (Å²) in [5, 5.41) is 7.36. The number of hydrogen-bond donors (Lipinski definition) is 1. The molecule has 2 atom stereocenters. The number of hydrogen-bond acceptors (Lipinski definition) is 6. The second-order valence-corrected chi connectivity index (χ2v) is 8.87. The van der Waals surface area contributed by atoms with E-state index in [9.17, 15) is 4.79 Å². The van der Waals surface area contributed by atoms with Gasteiger partial charge in [-0.15, -0.1) is 0 Å². The van der Waals surface area contributed by atoms with Crippen molar-refractivity contribution < 1.29 is 19.0 Å². The summed E-state index contributed by atoms with van der Waals surface area (Å²) in [5.41, 5.74) is 2.80. The quantitative estimate of drug-likeness (QED) is 0.741. The van der Waals surface area contributed by atoms with Crippen molar-refractivity contribution in [2.24, 2.45) is 0 Å². The van der Waals surface area contributed by atoms with Crippen molar-refractivity contribution in [3.05, 3.63) is 41.2 Å². The summed E-state index contributed by atoms with van der Waals surface area (Å²) in [6.07, 6.45) is 3.75. The molecule has 1 amide bonds. The van der Waals surface area contributed by atoms with Crippen molar-refractivity contribution >= 4 is 5.91 Å². The zero-order valence-electron chi connectivity index (χ0n) is 19.5. The molecular formula is C24H34N4O4. The summed E-state index contributed by atoms with van der Waals surface area (Å²) in [6, 6.07) is 6.00. The molecule has 0 bridgehead atoms. The SMILES string of the molecule is COc1cccc(CN2CCC(c3[nH]ncc3C(=O)N3C[C@@H](C)O[C@H](C)C3)CC2)c1OC. The van der Waals surface area contributed by atoms with Gasteiger partial charge in [0.05, 0.1) is 43.9 Å². The molecule has 174 valence electrons. The highest BCUT2D eigenvalue weighted by atomic mass is 16.5. The van der Waals surface area contributed by atoms with E-state index in [1.165, 1.54) is 0 Å². The van der Waals surface area contributed by atoms with Crippen LogP contribution in [-0.4, -0.2) is 78.5 Å². The van der Waals surface area contributed by atoms with Gasteiger partial charge in [-0.25, -0.2) is 0 Å². The number of para-hydroxylation sites is 1. The van der Waals surface area contributed by atoms with E-state index in [0.29, 0.717) is 24.6 Å². The highest BCUT2D eigenvalue weighted by Crippen LogP contribution is 2.34. The lowest BCUT2D eigenvalue weighted by molar-refractivity contribution is -0.0586. The van der Waals surface area contributed by atoms with Crippen LogP contribution in [-0.2, 0) is 11.3 Å². The van der Waals surface area contributed by atoms with Gasteiger partial charge in [-0.2, -0.15) is 5.10 Å². The van der Waals surface area contributed by atoms with Crippen LogP contribution < -0.4 is 9.47 Å². The third-order valence-corrected chi connectivity index (χ3v) is 6.48. The van der Waals surface area contributed by atoms with Gasteiger partial charge in [0.1, 0.15) is 0 Å². The first kappa shape index (κ1) is 22.6. The molecule has 1 aromatic heterocycles. The highest BCUT2D eigenvalue weighted by molar-refractivity contribution is 5.95. The maximum Gasteiger partial charge on any atom is 0.257 e. The van der Waals surface area contributed by atoms with Crippen molar-refractivity contribution in [1.29, 1.82) is 0 Å². The van der Waals surface area contributed by atoms with Crippen LogP contribution in [0.2, 0.25) is 0 Å². The molecule has 2 fully saturated rings. The van der Waals surface area contributed by atoms with E-state index >= 15 is 0 Å². The molecule has 0 unspecified atom stereocenters. The first-order chi connectivity index (χ1) is 15.5. The minimum absolute atomic E-state index is 0.0508. The minimum atomic E-state index is 0.0508. The fraction of sp³-hybridized carbons (Fsp3) is 0.583. The summed E-state index contributed by atoms with van der Waals surface area (Å²) < 4.78 is 16.8. The standard InChI is InChI=1S/C24H34N4O4/c1-16-13-28(14-17(2)32-16)24(29)20-12-25-26-22(20)18-8-10-27(11-9-18)15-19-6-5-7-21(30-3)23(19)31-4/h5-7,12,16-18H,8-11,13-15H2,1-4H3,(H,25,26)/t16-,17-/m1/s1. The Balaban J connectivity index is 1.40. The molecule has 2 aliphatic heterocycles. The Bertz CT molecular complexity index is 912. The lowest BCUT2D eigenvalue weighted by atomic mass is 9.90. The van der Waals surface area contributed by atoms with Crippen molar-refractivity contribution in [3.63, 3.8) is 0 Å². The Morgan fingerprint density at radius 1 is 1.16 bits per heavy atom. The normalized spacial score (nSPS) is 22.7. The summed E-state index contributed by atoms with van der Waals surface area (Å²) in [7, 11) is 3.34. The van der Waals surface area contributed by atoms with Gasteiger partial charge < -0.3 is 19.1 Å². The molecule has 0 spiro atoms. The van der Waals surface area contributed by atoms with Gasteiger partial charge in [0.15, 0.2) is 11.5 Å². The van der Waals surface area contributed by atoms with E-state index in [-0.39, 0.29) is 18.1 Å². The van der Waals surface area contributed by atoms with E-state index in [2.05, 4.69) is 21.2 Å². The number of nitrogens with one attached hydrogen (secondary N) is 1. The fourth-order valence-corrected chi connectivity index (χ4v) is 4.99. The van der Waals surface area contributed by atoms with Crippen LogP contribution in [0.3, 0.4) is 0 Å². The number of piperidine rings is 1. The van der Waals surface area contributed by atoms with Crippen molar-refractivity contribution in [1.82, 2.24) is 20.0 Å². The number of likely N-dealkylation sites (tertiary alicyclic amines) is 1. The lowest BCUT2D eigenvalue weighted by Crippen LogP contribution is -2.48. The number of H-pyrrole nitrogens is 1. The van der Waals surface area contributed by atoms with Crippen LogP contribution in [0.1, 0.15) is 54.2 Å². The number of carbonyl (C=O) groups excluding carboxylic acids is 1. The Labute approximate surface area is 189 Å². The average Bonchev–Trinajstić information content (AvgIpc) is 3.28. The van der Waals surface area contributed by atoms with Gasteiger partial charge in [0.2, 0.25) is 0 Å².